The summed E-state index contributed by atoms with van der Waals surface area (Å²) in [5.41, 5.74) is 4.10. The van der Waals surface area contributed by atoms with Crippen LogP contribution < -0.4 is 14.5 Å². The molecular weight excluding hydrogens is 402 g/mol. The van der Waals surface area contributed by atoms with Crippen LogP contribution in [0.15, 0.2) is 42.5 Å². The first kappa shape index (κ1) is 21.0. The summed E-state index contributed by atoms with van der Waals surface area (Å²) < 4.78 is 6.06. The smallest absolute Gasteiger partial charge is 0.237 e. The topological polar surface area (TPSA) is 53.1 Å². The molecule has 2 aromatic carbocycles. The lowest BCUT2D eigenvalue weighted by Gasteiger charge is -2.38. The Morgan fingerprint density at radius 3 is 2.62 bits per heavy atom. The Kier molecular flexibility index (Phi) is 5.41. The molecule has 0 unspecified atom stereocenters. The fourth-order valence-corrected chi connectivity index (χ4v) is 5.64. The lowest BCUT2D eigenvalue weighted by atomic mass is 9.73. The van der Waals surface area contributed by atoms with Crippen molar-refractivity contribution in [2.24, 2.45) is 0 Å². The van der Waals surface area contributed by atoms with Gasteiger partial charge in [-0.3, -0.25) is 14.5 Å². The average Bonchev–Trinajstić information content (AvgIpc) is 3.02. The molecule has 0 aromatic heterocycles. The highest BCUT2D eigenvalue weighted by molar-refractivity contribution is 6.07. The number of fused-ring (bicyclic) bond motifs is 3. The van der Waals surface area contributed by atoms with Crippen LogP contribution in [0.5, 0.6) is 5.75 Å². The van der Waals surface area contributed by atoms with E-state index in [1.165, 1.54) is 11.1 Å². The molecular formula is C26H31N3O3. The van der Waals surface area contributed by atoms with E-state index in [2.05, 4.69) is 23.1 Å². The molecule has 0 radical (unpaired) electrons. The van der Waals surface area contributed by atoms with Crippen molar-refractivity contribution in [3.05, 3.63) is 53.6 Å². The minimum Gasteiger partial charge on any atom is -0.492 e. The van der Waals surface area contributed by atoms with Gasteiger partial charge < -0.3 is 14.5 Å². The van der Waals surface area contributed by atoms with Crippen LogP contribution in [0.2, 0.25) is 0 Å². The molecule has 2 amide bonds. The molecule has 0 saturated carbocycles. The van der Waals surface area contributed by atoms with E-state index in [-0.39, 0.29) is 17.2 Å². The standard InChI is InChI=1S/C26H31N3O3/c1-19(30)29-13-5-6-20-18-21(9-10-23(20)29)32-17-16-28-14-11-26(12-15-28)22-7-3-4-8-24(22)27(2)25(26)31/h3-4,7-10,18H,5-6,11-17H2,1-2H3. The number of aryl methyl sites for hydroxylation is 1. The molecule has 32 heavy (non-hydrogen) atoms. The van der Waals surface area contributed by atoms with Crippen LogP contribution in [0.4, 0.5) is 11.4 Å². The maximum absolute atomic E-state index is 13.1. The summed E-state index contributed by atoms with van der Waals surface area (Å²) in [6.45, 7) is 5.68. The van der Waals surface area contributed by atoms with Crippen molar-refractivity contribution in [1.82, 2.24) is 4.90 Å². The summed E-state index contributed by atoms with van der Waals surface area (Å²) >= 11 is 0. The molecule has 3 heterocycles. The van der Waals surface area contributed by atoms with E-state index < -0.39 is 0 Å². The highest BCUT2D eigenvalue weighted by Crippen LogP contribution is 2.47. The SMILES string of the molecule is CC(=O)N1CCCc2cc(OCCN3CCC4(CC3)C(=O)N(C)c3ccccc34)ccc21. The van der Waals surface area contributed by atoms with Crippen molar-refractivity contribution < 1.29 is 14.3 Å². The molecule has 2 aromatic rings. The number of para-hydroxylation sites is 1. The first-order chi connectivity index (χ1) is 15.5. The van der Waals surface area contributed by atoms with E-state index in [9.17, 15) is 9.59 Å². The molecule has 3 aliphatic rings. The maximum atomic E-state index is 13.1. The van der Waals surface area contributed by atoms with Crippen molar-refractivity contribution >= 4 is 23.2 Å². The molecule has 0 aliphatic carbocycles. The van der Waals surface area contributed by atoms with Crippen molar-refractivity contribution in [2.75, 3.05) is 49.6 Å². The minimum absolute atomic E-state index is 0.0945. The molecule has 0 bridgehead atoms. The zero-order valence-electron chi connectivity index (χ0n) is 19.0. The number of likely N-dealkylation sites (tertiary alicyclic amines) is 1. The van der Waals surface area contributed by atoms with Gasteiger partial charge in [-0.25, -0.2) is 0 Å². The fraction of sp³-hybridized carbons (Fsp3) is 0.462. The summed E-state index contributed by atoms with van der Waals surface area (Å²) in [5.74, 6) is 1.20. The number of ether oxygens (including phenoxy) is 1. The molecule has 5 rings (SSSR count). The third-order valence-electron chi connectivity index (χ3n) is 7.43. The normalized spacial score (nSPS) is 19.8. The van der Waals surface area contributed by atoms with E-state index >= 15 is 0 Å². The number of hydrogen-bond acceptors (Lipinski definition) is 4. The second-order valence-corrected chi connectivity index (χ2v) is 9.22. The van der Waals surface area contributed by atoms with Crippen LogP contribution in [0.3, 0.4) is 0 Å². The van der Waals surface area contributed by atoms with Gasteiger partial charge in [0, 0.05) is 38.4 Å². The number of carbonyl (C=O) groups is 2. The zero-order valence-corrected chi connectivity index (χ0v) is 19.0. The van der Waals surface area contributed by atoms with Gasteiger partial charge in [0.2, 0.25) is 11.8 Å². The first-order valence-electron chi connectivity index (χ1n) is 11.6. The van der Waals surface area contributed by atoms with Gasteiger partial charge in [-0.05, 0) is 74.2 Å². The number of amides is 2. The molecule has 3 aliphatic heterocycles. The molecule has 1 spiro atoms. The van der Waals surface area contributed by atoms with Crippen LogP contribution in [-0.2, 0) is 21.4 Å². The number of nitrogens with zero attached hydrogens (tertiary/aromatic N) is 3. The van der Waals surface area contributed by atoms with Crippen molar-refractivity contribution in [1.29, 1.82) is 0 Å². The monoisotopic (exact) mass is 433 g/mol. The van der Waals surface area contributed by atoms with Gasteiger partial charge in [0.15, 0.2) is 0 Å². The number of carbonyl (C=O) groups excluding carboxylic acids is 2. The van der Waals surface area contributed by atoms with Gasteiger partial charge in [-0.15, -0.1) is 0 Å². The quantitative estimate of drug-likeness (QED) is 0.742. The summed E-state index contributed by atoms with van der Waals surface area (Å²) in [6, 6.07) is 14.3. The Hall–Kier alpha value is -2.86. The summed E-state index contributed by atoms with van der Waals surface area (Å²) in [5, 5.41) is 0. The van der Waals surface area contributed by atoms with E-state index in [0.717, 1.165) is 69.0 Å². The molecule has 1 fully saturated rings. The maximum Gasteiger partial charge on any atom is 0.237 e. The van der Waals surface area contributed by atoms with Gasteiger partial charge in [-0.1, -0.05) is 18.2 Å². The Morgan fingerprint density at radius 2 is 1.84 bits per heavy atom. The Balaban J connectivity index is 1.17. The van der Waals surface area contributed by atoms with E-state index in [4.69, 9.17) is 4.74 Å². The number of anilines is 2. The zero-order chi connectivity index (χ0) is 22.3. The second-order valence-electron chi connectivity index (χ2n) is 9.22. The van der Waals surface area contributed by atoms with Gasteiger partial charge >= 0.3 is 0 Å². The van der Waals surface area contributed by atoms with Crippen LogP contribution in [0.1, 0.15) is 37.3 Å². The van der Waals surface area contributed by atoms with Gasteiger partial charge in [0.05, 0.1) is 5.41 Å². The average molecular weight is 434 g/mol. The van der Waals surface area contributed by atoms with Gasteiger partial charge in [0.25, 0.3) is 0 Å². The Labute approximate surface area is 189 Å². The highest BCUT2D eigenvalue weighted by atomic mass is 16.5. The third kappa shape index (κ3) is 3.47. The van der Waals surface area contributed by atoms with Crippen molar-refractivity contribution in [3.8, 4) is 5.75 Å². The third-order valence-corrected chi connectivity index (χ3v) is 7.43. The molecule has 0 atom stereocenters. The van der Waals surface area contributed by atoms with Gasteiger partial charge in [-0.2, -0.15) is 0 Å². The lowest BCUT2D eigenvalue weighted by Crippen LogP contribution is -2.48. The van der Waals surface area contributed by atoms with E-state index in [1.807, 2.05) is 41.1 Å². The highest BCUT2D eigenvalue weighted by Gasteiger charge is 2.50. The molecule has 168 valence electrons. The number of likely N-dealkylation sites (N-methyl/N-ethyl adjacent to an activating group) is 1. The van der Waals surface area contributed by atoms with E-state index in [0.29, 0.717) is 6.61 Å². The lowest BCUT2D eigenvalue weighted by molar-refractivity contribution is -0.124. The number of benzene rings is 2. The number of rotatable bonds is 4. The van der Waals surface area contributed by atoms with Gasteiger partial charge in [0.1, 0.15) is 12.4 Å². The first-order valence-corrected chi connectivity index (χ1v) is 11.6. The predicted molar refractivity (Wildman–Crippen MR) is 125 cm³/mol. The molecule has 6 nitrogen and oxygen atoms in total. The molecule has 6 heteroatoms. The largest absolute Gasteiger partial charge is 0.492 e. The number of hydrogen-bond donors (Lipinski definition) is 0. The van der Waals surface area contributed by atoms with Crippen LogP contribution in [0.25, 0.3) is 0 Å². The van der Waals surface area contributed by atoms with Crippen LogP contribution in [0, 0.1) is 0 Å². The second kappa shape index (κ2) is 8.24. The fourth-order valence-electron chi connectivity index (χ4n) is 5.64. The predicted octanol–water partition coefficient (Wildman–Crippen LogP) is 3.37. The molecule has 1 saturated heterocycles. The number of piperidine rings is 1. The van der Waals surface area contributed by atoms with Crippen LogP contribution >= 0.6 is 0 Å². The Bertz CT molecular complexity index is 1040. The van der Waals surface area contributed by atoms with Crippen LogP contribution in [-0.4, -0.2) is 56.5 Å². The summed E-state index contributed by atoms with van der Waals surface area (Å²) in [6.07, 6.45) is 3.68. The van der Waals surface area contributed by atoms with E-state index in [1.54, 1.807) is 6.92 Å². The van der Waals surface area contributed by atoms with Crippen molar-refractivity contribution in [3.63, 3.8) is 0 Å². The minimum atomic E-state index is -0.357. The van der Waals surface area contributed by atoms with Crippen molar-refractivity contribution in [2.45, 2.75) is 38.0 Å². The summed E-state index contributed by atoms with van der Waals surface area (Å²) in [4.78, 5) is 31.0. The Morgan fingerprint density at radius 1 is 1.06 bits per heavy atom. The molecule has 0 N–H and O–H groups in total. The summed E-state index contributed by atoms with van der Waals surface area (Å²) in [7, 11) is 1.89.